The van der Waals surface area contributed by atoms with Gasteiger partial charge in [0.1, 0.15) is 5.75 Å². The van der Waals surface area contributed by atoms with Gasteiger partial charge in [-0.25, -0.2) is 0 Å². The molecule has 0 amide bonds. The molecule has 1 nitrogen and oxygen atoms in total. The average molecular weight is 373 g/mol. The summed E-state index contributed by atoms with van der Waals surface area (Å²) >= 11 is 0. The molecule has 1 aromatic carbocycles. The summed E-state index contributed by atoms with van der Waals surface area (Å²) in [7, 11) is 0. The third kappa shape index (κ3) is 2.75. The molecule has 2 rings (SSSR count). The van der Waals surface area contributed by atoms with Crippen LogP contribution in [0, 0.1) is 0 Å². The Morgan fingerprint density at radius 1 is 1.17 bits per heavy atom. The molecule has 0 aromatic heterocycles. The van der Waals surface area contributed by atoms with E-state index in [1.54, 1.807) is 0 Å². The van der Waals surface area contributed by atoms with Crippen molar-refractivity contribution in [2.45, 2.75) is 12.8 Å². The van der Waals surface area contributed by atoms with Crippen molar-refractivity contribution in [2.24, 2.45) is 0 Å². The second kappa shape index (κ2) is 6.01. The number of ether oxygens (including phenoxy) is 1. The van der Waals surface area contributed by atoms with E-state index in [2.05, 4.69) is 12.1 Å². The van der Waals surface area contributed by atoms with Crippen molar-refractivity contribution in [1.29, 1.82) is 0 Å². The van der Waals surface area contributed by atoms with E-state index in [9.17, 15) is 0 Å². The number of hydrogen-bond acceptors (Lipinski definition) is 1. The van der Waals surface area contributed by atoms with Crippen LogP contribution in [0.2, 0.25) is 0 Å². The molecule has 0 fully saturated rings. The molecule has 1 aliphatic rings. The summed E-state index contributed by atoms with van der Waals surface area (Å²) < 4.78 is 5.42. The molecule has 12 heavy (non-hydrogen) atoms. The topological polar surface area (TPSA) is 9.23 Å². The van der Waals surface area contributed by atoms with E-state index in [1.807, 2.05) is 12.1 Å². The van der Waals surface area contributed by atoms with Crippen LogP contribution in [0.15, 0.2) is 24.3 Å². The van der Waals surface area contributed by atoms with Gasteiger partial charge in [-0.15, -0.1) is 0 Å². The second-order valence-corrected chi connectivity index (χ2v) is 2.56. The van der Waals surface area contributed by atoms with Gasteiger partial charge in [0.25, 0.3) is 0 Å². The Bertz CT molecular complexity index is 215. The molecule has 0 atom stereocenters. The van der Waals surface area contributed by atoms with Crippen molar-refractivity contribution in [3.63, 3.8) is 0 Å². The standard InChI is InChI=1S/C9H10O.Al.Pb.5H/c1-2-6-9-8(4-1)5-3-7-10-9;;;;;;;/h1-2,4,6H,3,5,7H2;;;;;;;. The third-order valence-electron chi connectivity index (χ3n) is 1.82. The molecule has 0 saturated carbocycles. The van der Waals surface area contributed by atoms with Gasteiger partial charge in [-0.05, 0) is 24.5 Å². The van der Waals surface area contributed by atoms with Crippen molar-refractivity contribution >= 4 is 44.7 Å². The van der Waals surface area contributed by atoms with Crippen molar-refractivity contribution < 1.29 is 4.74 Å². The number of benzene rings is 1. The van der Waals surface area contributed by atoms with Crippen molar-refractivity contribution in [1.82, 2.24) is 0 Å². The first-order valence-corrected chi connectivity index (χ1v) is 3.67. The second-order valence-electron chi connectivity index (χ2n) is 2.56. The van der Waals surface area contributed by atoms with Crippen LogP contribution in [0.1, 0.15) is 12.0 Å². The van der Waals surface area contributed by atoms with Crippen molar-refractivity contribution in [3.05, 3.63) is 29.8 Å². The van der Waals surface area contributed by atoms with Crippen LogP contribution < -0.4 is 4.74 Å². The number of para-hydroxylation sites is 1. The predicted molar refractivity (Wildman–Crippen MR) is 58.7 cm³/mol. The summed E-state index contributed by atoms with van der Waals surface area (Å²) in [6, 6.07) is 8.25. The Balaban J connectivity index is 0.000000605. The molecule has 3 heteroatoms. The van der Waals surface area contributed by atoms with Crippen LogP contribution in [0.5, 0.6) is 5.75 Å². The minimum absolute atomic E-state index is 0. The molecule has 2 radical (unpaired) electrons. The largest absolute Gasteiger partial charge is 0.493 e. The number of aryl methyl sites for hydroxylation is 1. The maximum Gasteiger partial charge on any atom is 0.122 e. The Kier molecular flexibility index (Phi) is 6.25. The Morgan fingerprint density at radius 2 is 1.92 bits per heavy atom. The molecule has 0 aliphatic carbocycles. The minimum Gasteiger partial charge on any atom is -0.493 e. The van der Waals surface area contributed by atoms with E-state index < -0.39 is 0 Å². The Hall–Kier alpha value is 0.475. The maximum absolute atomic E-state index is 5.42. The molecule has 1 heterocycles. The zero-order chi connectivity index (χ0) is 6.81. The molecular formula is C9H15AlOPb. The molecule has 0 unspecified atom stereocenters. The van der Waals surface area contributed by atoms with Gasteiger partial charge in [-0.1, -0.05) is 18.2 Å². The van der Waals surface area contributed by atoms with E-state index in [0.29, 0.717) is 0 Å². The quantitative estimate of drug-likeness (QED) is 0.578. The van der Waals surface area contributed by atoms with Gasteiger partial charge >= 0.3 is 27.3 Å². The summed E-state index contributed by atoms with van der Waals surface area (Å²) in [5.41, 5.74) is 1.36. The minimum atomic E-state index is 0. The first-order valence-electron chi connectivity index (χ1n) is 3.67. The van der Waals surface area contributed by atoms with Crippen LogP contribution in [0.4, 0.5) is 0 Å². The van der Waals surface area contributed by atoms with E-state index in [0.717, 1.165) is 18.8 Å². The van der Waals surface area contributed by atoms with Gasteiger partial charge in [-0.2, -0.15) is 0 Å². The van der Waals surface area contributed by atoms with Crippen LogP contribution in [-0.2, 0) is 6.42 Å². The Labute approximate surface area is 104 Å². The fourth-order valence-corrected chi connectivity index (χ4v) is 1.30. The molecule has 1 aromatic rings. The molecule has 0 spiro atoms. The van der Waals surface area contributed by atoms with E-state index >= 15 is 0 Å². The van der Waals surface area contributed by atoms with Crippen LogP contribution in [0.3, 0.4) is 0 Å². The van der Waals surface area contributed by atoms with E-state index in [4.69, 9.17) is 4.74 Å². The summed E-state index contributed by atoms with van der Waals surface area (Å²) in [5, 5.41) is 0. The average Bonchev–Trinajstić information content (AvgIpc) is 2.05. The van der Waals surface area contributed by atoms with Crippen LogP contribution in [0.25, 0.3) is 0 Å². The smallest absolute Gasteiger partial charge is 0.122 e. The first-order chi connectivity index (χ1) is 4.97. The van der Waals surface area contributed by atoms with Crippen LogP contribution >= 0.6 is 0 Å². The summed E-state index contributed by atoms with van der Waals surface area (Å²) in [4.78, 5) is 0. The zero-order valence-electron chi connectivity index (χ0n) is 6.55. The van der Waals surface area contributed by atoms with Crippen LogP contribution in [-0.4, -0.2) is 51.3 Å². The number of fused-ring (bicyclic) bond motifs is 1. The fraction of sp³-hybridized carbons (Fsp3) is 0.333. The van der Waals surface area contributed by atoms with Crippen molar-refractivity contribution in [3.8, 4) is 5.75 Å². The van der Waals surface area contributed by atoms with Gasteiger partial charge in [0.2, 0.25) is 0 Å². The molecule has 0 saturated heterocycles. The molecule has 0 N–H and O–H groups in total. The normalized spacial score (nSPS) is 13.0. The first kappa shape index (κ1) is 12.5. The van der Waals surface area contributed by atoms with Gasteiger partial charge in [0.05, 0.1) is 6.61 Å². The van der Waals surface area contributed by atoms with Gasteiger partial charge < -0.3 is 4.74 Å². The van der Waals surface area contributed by atoms with Gasteiger partial charge in [0.15, 0.2) is 17.4 Å². The summed E-state index contributed by atoms with van der Waals surface area (Å²) in [6.07, 6.45) is 2.34. The molecule has 0 bridgehead atoms. The number of hydrogen-bond donors (Lipinski definition) is 0. The van der Waals surface area contributed by atoms with Crippen molar-refractivity contribution in [2.75, 3.05) is 6.61 Å². The number of rotatable bonds is 0. The Morgan fingerprint density at radius 3 is 2.67 bits per heavy atom. The van der Waals surface area contributed by atoms with Gasteiger partial charge in [-0.3, -0.25) is 0 Å². The van der Waals surface area contributed by atoms with E-state index in [-0.39, 0.29) is 44.7 Å². The summed E-state index contributed by atoms with van der Waals surface area (Å²) in [6.45, 7) is 0.886. The third-order valence-corrected chi connectivity index (χ3v) is 1.82. The predicted octanol–water partition coefficient (Wildman–Crippen LogP) is -0.0885. The zero-order valence-corrected chi connectivity index (χ0v) is 12.0. The van der Waals surface area contributed by atoms with Gasteiger partial charge in [0, 0.05) is 0 Å². The molecule has 64 valence electrons. The molecular weight excluding hydrogens is 358 g/mol. The SMILES string of the molecule is [AlH3].[PbH2].c1ccc2c(c1)CCCO2. The molecule has 1 aliphatic heterocycles. The maximum atomic E-state index is 5.42. The fourth-order valence-electron chi connectivity index (χ4n) is 1.30. The monoisotopic (exact) mass is 374 g/mol. The summed E-state index contributed by atoms with van der Waals surface area (Å²) in [5.74, 6) is 1.08. The van der Waals surface area contributed by atoms with E-state index in [1.165, 1.54) is 12.0 Å².